The number of benzene rings is 3. The van der Waals surface area contributed by atoms with Crippen molar-refractivity contribution in [2.45, 2.75) is 44.2 Å². The summed E-state index contributed by atoms with van der Waals surface area (Å²) in [5, 5.41) is 2.63. The second kappa shape index (κ2) is 10.0. The van der Waals surface area contributed by atoms with Gasteiger partial charge in [0.25, 0.3) is 5.91 Å². The molecule has 1 aliphatic heterocycles. The number of sulfonamides is 1. The molecular weight excluding hydrogens is 478 g/mol. The fraction of sp³-hybridized carbons (Fsp3) is 0.222. The molecule has 0 saturated carbocycles. The number of carbonyl (C=O) groups is 3. The van der Waals surface area contributed by atoms with Gasteiger partial charge in [-0.25, -0.2) is 13.3 Å². The molecule has 3 amide bonds. The SMILES string of the molecule is CC(=O)Nc1ccc(N2C(=O)CC(N(C(C)c3ccccc3)S(=O)(=O)c3ccc(C)cc3)C2=O)cc1. The largest absolute Gasteiger partial charge is 0.326 e. The number of nitrogens with one attached hydrogen (secondary N) is 1. The topological polar surface area (TPSA) is 104 Å². The molecule has 1 aliphatic rings. The average molecular weight is 506 g/mol. The smallest absolute Gasteiger partial charge is 0.252 e. The van der Waals surface area contributed by atoms with E-state index in [-0.39, 0.29) is 17.2 Å². The maximum atomic E-state index is 13.9. The van der Waals surface area contributed by atoms with Gasteiger partial charge in [-0.1, -0.05) is 48.0 Å². The number of anilines is 2. The van der Waals surface area contributed by atoms with Gasteiger partial charge in [0.05, 0.1) is 17.0 Å². The Labute approximate surface area is 210 Å². The lowest BCUT2D eigenvalue weighted by Gasteiger charge is -2.32. The predicted octanol–water partition coefficient (Wildman–Crippen LogP) is 4.04. The van der Waals surface area contributed by atoms with E-state index in [1.54, 1.807) is 67.6 Å². The Balaban J connectivity index is 1.74. The Morgan fingerprint density at radius 1 is 0.972 bits per heavy atom. The van der Waals surface area contributed by atoms with Gasteiger partial charge in [0.2, 0.25) is 21.8 Å². The lowest BCUT2D eigenvalue weighted by Crippen LogP contribution is -2.46. The van der Waals surface area contributed by atoms with E-state index in [2.05, 4.69) is 5.32 Å². The number of aryl methyl sites for hydroxylation is 1. The van der Waals surface area contributed by atoms with E-state index >= 15 is 0 Å². The zero-order chi connectivity index (χ0) is 26.0. The van der Waals surface area contributed by atoms with Gasteiger partial charge in [-0.3, -0.25) is 14.4 Å². The summed E-state index contributed by atoms with van der Waals surface area (Å²) in [5.74, 6) is -1.37. The molecule has 186 valence electrons. The maximum absolute atomic E-state index is 13.9. The third kappa shape index (κ3) is 4.93. The van der Waals surface area contributed by atoms with E-state index in [9.17, 15) is 22.8 Å². The number of amides is 3. The predicted molar refractivity (Wildman–Crippen MR) is 137 cm³/mol. The Morgan fingerprint density at radius 3 is 2.17 bits per heavy atom. The van der Waals surface area contributed by atoms with E-state index in [1.807, 2.05) is 13.0 Å². The van der Waals surface area contributed by atoms with Gasteiger partial charge in [0.1, 0.15) is 6.04 Å². The van der Waals surface area contributed by atoms with Gasteiger partial charge in [-0.05, 0) is 55.8 Å². The molecule has 9 heteroatoms. The van der Waals surface area contributed by atoms with Crippen molar-refractivity contribution in [3.05, 3.63) is 90.0 Å². The van der Waals surface area contributed by atoms with E-state index < -0.39 is 33.9 Å². The lowest BCUT2D eigenvalue weighted by molar-refractivity contribution is -0.122. The van der Waals surface area contributed by atoms with Crippen LogP contribution in [0.4, 0.5) is 11.4 Å². The summed E-state index contributed by atoms with van der Waals surface area (Å²) in [4.78, 5) is 39.0. The molecule has 8 nitrogen and oxygen atoms in total. The highest BCUT2D eigenvalue weighted by molar-refractivity contribution is 7.89. The number of hydrogen-bond donors (Lipinski definition) is 1. The molecule has 0 radical (unpaired) electrons. The van der Waals surface area contributed by atoms with Gasteiger partial charge in [-0.15, -0.1) is 0 Å². The molecule has 4 rings (SSSR count). The van der Waals surface area contributed by atoms with E-state index in [4.69, 9.17) is 0 Å². The Bertz CT molecular complexity index is 1390. The van der Waals surface area contributed by atoms with Crippen molar-refractivity contribution in [3.63, 3.8) is 0 Å². The number of hydrogen-bond acceptors (Lipinski definition) is 5. The van der Waals surface area contributed by atoms with E-state index in [1.165, 1.54) is 19.1 Å². The van der Waals surface area contributed by atoms with Crippen molar-refractivity contribution >= 4 is 39.1 Å². The lowest BCUT2D eigenvalue weighted by atomic mass is 10.1. The normalized spacial score (nSPS) is 16.9. The number of nitrogens with zero attached hydrogens (tertiary/aromatic N) is 2. The molecule has 1 heterocycles. The molecule has 2 atom stereocenters. The molecule has 1 saturated heterocycles. The molecule has 3 aromatic rings. The maximum Gasteiger partial charge on any atom is 0.252 e. The van der Waals surface area contributed by atoms with Gasteiger partial charge in [0, 0.05) is 18.7 Å². The fourth-order valence-corrected chi connectivity index (χ4v) is 6.10. The first-order valence-corrected chi connectivity index (χ1v) is 12.9. The number of rotatable bonds is 7. The molecule has 1 fully saturated rings. The van der Waals surface area contributed by atoms with Crippen LogP contribution >= 0.6 is 0 Å². The summed E-state index contributed by atoms with van der Waals surface area (Å²) in [6, 6.07) is 19.8. The third-order valence-electron chi connectivity index (χ3n) is 6.14. The molecule has 36 heavy (non-hydrogen) atoms. The molecule has 0 bridgehead atoms. The van der Waals surface area contributed by atoms with Crippen LogP contribution in [0.2, 0.25) is 0 Å². The van der Waals surface area contributed by atoms with Crippen molar-refractivity contribution in [1.29, 1.82) is 0 Å². The second-order valence-corrected chi connectivity index (χ2v) is 10.6. The van der Waals surface area contributed by atoms with Crippen LogP contribution in [0.3, 0.4) is 0 Å². The van der Waals surface area contributed by atoms with Crippen molar-refractivity contribution < 1.29 is 22.8 Å². The van der Waals surface area contributed by atoms with Crippen LogP contribution in [0, 0.1) is 6.92 Å². The van der Waals surface area contributed by atoms with Crippen LogP contribution in [0.1, 0.15) is 37.4 Å². The summed E-state index contributed by atoms with van der Waals surface area (Å²) < 4.78 is 28.9. The fourth-order valence-electron chi connectivity index (χ4n) is 4.34. The van der Waals surface area contributed by atoms with Crippen molar-refractivity contribution in [2.24, 2.45) is 0 Å². The summed E-state index contributed by atoms with van der Waals surface area (Å²) in [5.41, 5.74) is 2.42. The van der Waals surface area contributed by atoms with Gasteiger partial charge >= 0.3 is 0 Å². The van der Waals surface area contributed by atoms with Crippen LogP contribution < -0.4 is 10.2 Å². The minimum Gasteiger partial charge on any atom is -0.326 e. The van der Waals surface area contributed by atoms with Crippen LogP contribution in [0.25, 0.3) is 0 Å². The van der Waals surface area contributed by atoms with E-state index in [0.29, 0.717) is 16.9 Å². The van der Waals surface area contributed by atoms with Gasteiger partial charge in [0.15, 0.2) is 0 Å². The zero-order valence-electron chi connectivity index (χ0n) is 20.2. The molecule has 0 aliphatic carbocycles. The summed E-state index contributed by atoms with van der Waals surface area (Å²) >= 11 is 0. The van der Waals surface area contributed by atoms with Crippen molar-refractivity contribution in [3.8, 4) is 0 Å². The second-order valence-electron chi connectivity index (χ2n) is 8.75. The Hall–Kier alpha value is -3.82. The average Bonchev–Trinajstić information content (AvgIpc) is 3.13. The first-order valence-electron chi connectivity index (χ1n) is 11.5. The minimum absolute atomic E-state index is 0.0502. The van der Waals surface area contributed by atoms with Crippen molar-refractivity contribution in [2.75, 3.05) is 10.2 Å². The monoisotopic (exact) mass is 505 g/mol. The van der Waals surface area contributed by atoms with Crippen LogP contribution in [-0.4, -0.2) is 36.5 Å². The Morgan fingerprint density at radius 2 is 1.58 bits per heavy atom. The van der Waals surface area contributed by atoms with Crippen molar-refractivity contribution in [1.82, 2.24) is 4.31 Å². The Kier molecular flexibility index (Phi) is 7.05. The molecule has 0 aromatic heterocycles. The van der Waals surface area contributed by atoms with Gasteiger partial charge in [-0.2, -0.15) is 4.31 Å². The molecule has 0 spiro atoms. The van der Waals surface area contributed by atoms with E-state index in [0.717, 1.165) is 14.8 Å². The van der Waals surface area contributed by atoms with Crippen LogP contribution in [-0.2, 0) is 24.4 Å². The molecule has 1 N–H and O–H groups in total. The summed E-state index contributed by atoms with van der Waals surface area (Å²) in [6.07, 6.45) is -0.283. The number of imide groups is 1. The highest BCUT2D eigenvalue weighted by Crippen LogP contribution is 2.36. The highest BCUT2D eigenvalue weighted by atomic mass is 32.2. The van der Waals surface area contributed by atoms with Gasteiger partial charge < -0.3 is 5.32 Å². The first kappa shape index (κ1) is 25.3. The molecule has 3 aromatic carbocycles. The summed E-state index contributed by atoms with van der Waals surface area (Å²) in [7, 11) is -4.14. The van der Waals surface area contributed by atoms with Crippen LogP contribution in [0.5, 0.6) is 0 Å². The third-order valence-corrected chi connectivity index (χ3v) is 8.13. The van der Waals surface area contributed by atoms with Crippen LogP contribution in [0.15, 0.2) is 83.8 Å². The summed E-state index contributed by atoms with van der Waals surface area (Å²) in [6.45, 7) is 4.95. The standard InChI is InChI=1S/C27H27N3O5S/c1-18-9-15-24(16-10-18)36(34,35)30(19(2)21-7-5-4-6-8-21)25-17-26(32)29(27(25)33)23-13-11-22(12-14-23)28-20(3)31/h4-16,19,25H,17H2,1-3H3,(H,28,31). The minimum atomic E-state index is -4.14. The molecular formula is C27H27N3O5S. The number of carbonyl (C=O) groups excluding carboxylic acids is 3. The highest BCUT2D eigenvalue weighted by Gasteiger charge is 2.48. The zero-order valence-corrected chi connectivity index (χ0v) is 21.0. The quantitative estimate of drug-likeness (QED) is 0.488. The molecule has 2 unspecified atom stereocenters. The first-order chi connectivity index (χ1) is 17.1.